The van der Waals surface area contributed by atoms with E-state index in [1.165, 1.54) is 0 Å². The van der Waals surface area contributed by atoms with Gasteiger partial charge in [0.2, 0.25) is 0 Å². The van der Waals surface area contributed by atoms with Gasteiger partial charge in [-0.15, -0.1) is 0 Å². The molecule has 98 valence electrons. The molecule has 2 nitrogen and oxygen atoms in total. The van der Waals surface area contributed by atoms with Crippen molar-refractivity contribution < 1.29 is 4.79 Å². The van der Waals surface area contributed by atoms with Crippen molar-refractivity contribution in [3.8, 4) is 0 Å². The summed E-state index contributed by atoms with van der Waals surface area (Å²) in [4.78, 5) is 14.2. The third-order valence-corrected chi connectivity index (χ3v) is 3.22. The molecule has 0 bridgehead atoms. The first-order chi connectivity index (χ1) is 9.20. The number of benzene rings is 2. The van der Waals surface area contributed by atoms with Crippen LogP contribution in [0.5, 0.6) is 0 Å². The highest BCUT2D eigenvalue weighted by atomic mass is 35.5. The number of carbonyl (C=O) groups is 1. The van der Waals surface area contributed by atoms with E-state index < -0.39 is 0 Å². The Balaban J connectivity index is 2.14. The predicted molar refractivity (Wildman–Crippen MR) is 80.1 cm³/mol. The van der Waals surface area contributed by atoms with Gasteiger partial charge in [-0.25, -0.2) is 0 Å². The first-order valence-corrected chi connectivity index (χ1v) is 6.67. The van der Waals surface area contributed by atoms with Crippen molar-refractivity contribution in [3.63, 3.8) is 0 Å². The molecule has 0 spiro atoms. The minimum Gasteiger partial charge on any atom is -0.364 e. The molecule has 2 aromatic carbocycles. The van der Waals surface area contributed by atoms with Gasteiger partial charge in [-0.2, -0.15) is 0 Å². The summed E-state index contributed by atoms with van der Waals surface area (Å²) < 4.78 is 0. The number of ketones is 1. The van der Waals surface area contributed by atoms with Gasteiger partial charge in [0, 0.05) is 22.8 Å². The predicted octanol–water partition coefficient (Wildman–Crippen LogP) is 4.05. The van der Waals surface area contributed by atoms with Gasteiger partial charge in [-0.05, 0) is 25.1 Å². The molecule has 0 saturated carbocycles. The van der Waals surface area contributed by atoms with Gasteiger partial charge in [0.1, 0.15) is 0 Å². The highest BCUT2D eigenvalue weighted by Gasteiger charge is 2.11. The lowest BCUT2D eigenvalue weighted by molar-refractivity contribution is 0.0999. The second kappa shape index (κ2) is 6.39. The molecule has 0 saturated heterocycles. The van der Waals surface area contributed by atoms with Crippen LogP contribution in [0.2, 0.25) is 5.02 Å². The molecule has 0 N–H and O–H groups in total. The maximum atomic E-state index is 12.2. The summed E-state index contributed by atoms with van der Waals surface area (Å²) in [6.45, 7) is 3.15. The van der Waals surface area contributed by atoms with Crippen LogP contribution < -0.4 is 4.90 Å². The molecule has 0 atom stereocenters. The van der Waals surface area contributed by atoms with E-state index in [0.717, 1.165) is 17.8 Å². The van der Waals surface area contributed by atoms with Gasteiger partial charge in [0.25, 0.3) is 0 Å². The van der Waals surface area contributed by atoms with E-state index in [4.69, 9.17) is 11.6 Å². The molecule has 0 amide bonds. The number of halogens is 1. The molecule has 0 heterocycles. The lowest BCUT2D eigenvalue weighted by atomic mass is 10.1. The van der Waals surface area contributed by atoms with Crippen molar-refractivity contribution in [2.75, 3.05) is 18.0 Å². The topological polar surface area (TPSA) is 20.3 Å². The second-order valence-corrected chi connectivity index (χ2v) is 4.72. The van der Waals surface area contributed by atoms with E-state index >= 15 is 0 Å². The number of hydrogen-bond acceptors (Lipinski definition) is 2. The van der Waals surface area contributed by atoms with E-state index in [0.29, 0.717) is 11.6 Å². The average Bonchev–Trinajstić information content (AvgIpc) is 2.45. The number of hydrogen-bond donors (Lipinski definition) is 0. The maximum absolute atomic E-state index is 12.2. The highest BCUT2D eigenvalue weighted by Crippen LogP contribution is 2.19. The molecule has 0 radical (unpaired) electrons. The summed E-state index contributed by atoms with van der Waals surface area (Å²) in [7, 11) is 0. The summed E-state index contributed by atoms with van der Waals surface area (Å²) >= 11 is 5.99. The van der Waals surface area contributed by atoms with Crippen molar-refractivity contribution in [2.24, 2.45) is 0 Å². The first-order valence-electron chi connectivity index (χ1n) is 6.29. The lowest BCUT2D eigenvalue weighted by Crippen LogP contribution is -2.29. The number of likely N-dealkylation sites (N-methyl/N-ethyl adjacent to an activating group) is 1. The zero-order chi connectivity index (χ0) is 13.7. The second-order valence-electron chi connectivity index (χ2n) is 4.28. The summed E-state index contributed by atoms with van der Waals surface area (Å²) in [5, 5.41) is 0.683. The zero-order valence-corrected chi connectivity index (χ0v) is 11.6. The Labute approximate surface area is 118 Å². The molecule has 3 heteroatoms. The third-order valence-electron chi connectivity index (χ3n) is 2.99. The van der Waals surface area contributed by atoms with E-state index in [-0.39, 0.29) is 5.78 Å². The summed E-state index contributed by atoms with van der Waals surface area (Å²) in [5.41, 5.74) is 1.71. The van der Waals surface area contributed by atoms with Gasteiger partial charge >= 0.3 is 0 Å². The van der Waals surface area contributed by atoms with Crippen molar-refractivity contribution in [1.29, 1.82) is 0 Å². The Morgan fingerprint density at radius 2 is 1.84 bits per heavy atom. The Morgan fingerprint density at radius 3 is 2.47 bits per heavy atom. The molecule has 2 rings (SSSR count). The van der Waals surface area contributed by atoms with Crippen LogP contribution in [0.25, 0.3) is 0 Å². The Kier molecular flexibility index (Phi) is 4.58. The van der Waals surface area contributed by atoms with Crippen molar-refractivity contribution >= 4 is 23.1 Å². The fraction of sp³-hybridized carbons (Fsp3) is 0.188. The summed E-state index contributed by atoms with van der Waals surface area (Å²) in [5.74, 6) is 0.113. The average molecular weight is 274 g/mol. The Morgan fingerprint density at radius 1 is 1.11 bits per heavy atom. The molecule has 0 fully saturated rings. The summed E-state index contributed by atoms with van der Waals surface area (Å²) in [6.07, 6.45) is 0. The fourth-order valence-electron chi connectivity index (χ4n) is 1.95. The minimum absolute atomic E-state index is 0.113. The fourth-order valence-corrected chi connectivity index (χ4v) is 2.13. The Bertz CT molecular complexity index is 554. The zero-order valence-electron chi connectivity index (χ0n) is 10.8. The third kappa shape index (κ3) is 3.58. The molecule has 0 aromatic heterocycles. The number of Topliss-reactive ketones (excluding diaryl/α,β-unsaturated/α-hetero) is 1. The van der Waals surface area contributed by atoms with Crippen LogP contribution >= 0.6 is 11.6 Å². The molecule has 19 heavy (non-hydrogen) atoms. The van der Waals surface area contributed by atoms with E-state index in [1.807, 2.05) is 66.4 Å². The van der Waals surface area contributed by atoms with Gasteiger partial charge < -0.3 is 4.90 Å². The largest absolute Gasteiger partial charge is 0.364 e. The lowest BCUT2D eigenvalue weighted by Gasteiger charge is -2.22. The molecule has 0 aliphatic carbocycles. The van der Waals surface area contributed by atoms with Gasteiger partial charge in [-0.1, -0.05) is 48.0 Å². The number of rotatable bonds is 5. The summed E-state index contributed by atoms with van der Waals surface area (Å²) in [6, 6.07) is 16.9. The van der Waals surface area contributed by atoms with Crippen LogP contribution in [0.3, 0.4) is 0 Å². The van der Waals surface area contributed by atoms with Crippen LogP contribution in [-0.2, 0) is 0 Å². The highest BCUT2D eigenvalue weighted by molar-refractivity contribution is 6.30. The molecule has 2 aromatic rings. The smallest absolute Gasteiger partial charge is 0.182 e. The van der Waals surface area contributed by atoms with Crippen LogP contribution in [-0.4, -0.2) is 18.9 Å². The standard InChI is InChI=1S/C16H16ClNO/c1-2-18(15-10-6-9-14(17)11-15)12-16(19)13-7-4-3-5-8-13/h3-11H,2,12H2,1H3. The van der Waals surface area contributed by atoms with Crippen LogP contribution in [0.4, 0.5) is 5.69 Å². The van der Waals surface area contributed by atoms with E-state index in [9.17, 15) is 4.79 Å². The minimum atomic E-state index is 0.113. The molecule has 0 aliphatic rings. The molecular formula is C16H16ClNO. The molecule has 0 unspecified atom stereocenters. The van der Waals surface area contributed by atoms with Crippen molar-refractivity contribution in [3.05, 3.63) is 65.2 Å². The Hall–Kier alpha value is -1.80. The monoisotopic (exact) mass is 273 g/mol. The quantitative estimate of drug-likeness (QED) is 0.766. The first kappa shape index (κ1) is 13.6. The normalized spacial score (nSPS) is 10.2. The van der Waals surface area contributed by atoms with E-state index in [1.54, 1.807) is 0 Å². The van der Waals surface area contributed by atoms with Crippen LogP contribution in [0.1, 0.15) is 17.3 Å². The van der Waals surface area contributed by atoms with Crippen molar-refractivity contribution in [2.45, 2.75) is 6.92 Å². The SMILES string of the molecule is CCN(CC(=O)c1ccccc1)c1cccc(Cl)c1. The van der Waals surface area contributed by atoms with Crippen LogP contribution in [0.15, 0.2) is 54.6 Å². The molecular weight excluding hydrogens is 258 g/mol. The van der Waals surface area contributed by atoms with E-state index in [2.05, 4.69) is 0 Å². The maximum Gasteiger partial charge on any atom is 0.182 e. The van der Waals surface area contributed by atoms with Gasteiger partial charge in [-0.3, -0.25) is 4.79 Å². The van der Waals surface area contributed by atoms with Crippen molar-refractivity contribution in [1.82, 2.24) is 0 Å². The van der Waals surface area contributed by atoms with Gasteiger partial charge in [0.15, 0.2) is 5.78 Å². The number of anilines is 1. The van der Waals surface area contributed by atoms with Crippen LogP contribution in [0, 0.1) is 0 Å². The number of carbonyl (C=O) groups excluding carboxylic acids is 1. The molecule has 0 aliphatic heterocycles. The van der Waals surface area contributed by atoms with Gasteiger partial charge in [0.05, 0.1) is 6.54 Å². The number of nitrogens with zero attached hydrogens (tertiary/aromatic N) is 1.